The second-order valence-corrected chi connectivity index (χ2v) is 10.3. The maximum Gasteiger partial charge on any atom is 0.179 e. The number of aromatic nitrogens is 2. The molecule has 1 atom stereocenters. The van der Waals surface area contributed by atoms with Crippen LogP contribution in [-0.4, -0.2) is 28.1 Å². The molecular weight excluding hydrogens is 532 g/mol. The molecule has 2 aliphatic rings. The van der Waals surface area contributed by atoms with E-state index in [1.807, 2.05) is 110 Å². The Morgan fingerprint density at radius 2 is 1.66 bits per heavy atom. The quantitative estimate of drug-likeness (QED) is 0.237. The minimum atomic E-state index is -0.234. The molecule has 0 amide bonds. The van der Waals surface area contributed by atoms with Gasteiger partial charge in [-0.2, -0.15) is 5.10 Å². The molecule has 41 heavy (non-hydrogen) atoms. The Morgan fingerprint density at radius 3 is 2.44 bits per heavy atom. The van der Waals surface area contributed by atoms with Gasteiger partial charge in [-0.05, 0) is 80.1 Å². The summed E-state index contributed by atoms with van der Waals surface area (Å²) < 4.78 is 7.56. The lowest BCUT2D eigenvalue weighted by Crippen LogP contribution is -2.46. The van der Waals surface area contributed by atoms with Crippen LogP contribution in [0.1, 0.15) is 29.8 Å². The number of benzene rings is 4. The van der Waals surface area contributed by atoms with Gasteiger partial charge in [-0.3, -0.25) is 0 Å². The number of amidine groups is 2. The summed E-state index contributed by atoms with van der Waals surface area (Å²) in [5.41, 5.74) is 6.60. The molecule has 0 fully saturated rings. The molecule has 8 heteroatoms. The summed E-state index contributed by atoms with van der Waals surface area (Å²) in [6.45, 7) is 4.63. The van der Waals surface area contributed by atoms with Gasteiger partial charge in [0.1, 0.15) is 5.75 Å². The number of anilines is 2. The van der Waals surface area contributed by atoms with Crippen LogP contribution in [0.15, 0.2) is 113 Å². The van der Waals surface area contributed by atoms with E-state index >= 15 is 0 Å². The van der Waals surface area contributed by atoms with Crippen molar-refractivity contribution < 1.29 is 4.74 Å². The fourth-order valence-corrected chi connectivity index (χ4v) is 5.68. The zero-order chi connectivity index (χ0) is 27.9. The predicted octanol–water partition coefficient (Wildman–Crippen LogP) is 8.03. The van der Waals surface area contributed by atoms with E-state index in [1.165, 1.54) is 0 Å². The Bertz CT molecular complexity index is 1810. The van der Waals surface area contributed by atoms with E-state index in [1.54, 1.807) is 0 Å². The van der Waals surface area contributed by atoms with Crippen LogP contribution in [0, 0.1) is 6.92 Å². The minimum absolute atomic E-state index is 0.234. The number of nitrogens with zero attached hydrogens (tertiary/aromatic N) is 5. The first-order chi connectivity index (χ1) is 20.1. The SMILES string of the molecule is CCOc1ccc(NC2=Nc3ccccc3N3C2=Nc2c(c(C)nn2-c2ccccc2)[C@@H]3c2cccc(Cl)c2)cc1. The molecule has 0 saturated heterocycles. The first-order valence-electron chi connectivity index (χ1n) is 13.6. The third-order valence-corrected chi connectivity index (χ3v) is 7.47. The lowest BCUT2D eigenvalue weighted by Gasteiger charge is -2.40. The lowest BCUT2D eigenvalue weighted by molar-refractivity contribution is 0.340. The van der Waals surface area contributed by atoms with Crippen molar-refractivity contribution in [3.05, 3.63) is 125 Å². The topological polar surface area (TPSA) is 67.0 Å². The third kappa shape index (κ3) is 4.44. The molecule has 2 aliphatic heterocycles. The summed E-state index contributed by atoms with van der Waals surface area (Å²) in [6, 6.07) is 33.9. The highest BCUT2D eigenvalue weighted by atomic mass is 35.5. The average molecular weight is 559 g/mol. The van der Waals surface area contributed by atoms with Crippen LogP contribution in [0.4, 0.5) is 22.9 Å². The number of aliphatic imine (C=N–C) groups is 2. The number of fused-ring (bicyclic) bond motifs is 4. The molecule has 1 N–H and O–H groups in total. The van der Waals surface area contributed by atoms with Crippen molar-refractivity contribution in [1.29, 1.82) is 0 Å². The number of nitrogens with one attached hydrogen (secondary N) is 1. The summed E-state index contributed by atoms with van der Waals surface area (Å²) in [7, 11) is 0. The van der Waals surface area contributed by atoms with E-state index in [-0.39, 0.29) is 6.04 Å². The van der Waals surface area contributed by atoms with Crippen molar-refractivity contribution in [3.8, 4) is 11.4 Å². The largest absolute Gasteiger partial charge is 0.494 e. The van der Waals surface area contributed by atoms with Crippen molar-refractivity contribution in [2.24, 2.45) is 9.98 Å². The normalized spacial score (nSPS) is 15.3. The summed E-state index contributed by atoms with van der Waals surface area (Å²) >= 11 is 6.56. The summed E-state index contributed by atoms with van der Waals surface area (Å²) in [6.07, 6.45) is 0. The minimum Gasteiger partial charge on any atom is -0.494 e. The van der Waals surface area contributed by atoms with E-state index in [9.17, 15) is 0 Å². The Morgan fingerprint density at radius 1 is 0.878 bits per heavy atom. The number of hydrogen-bond donors (Lipinski definition) is 1. The van der Waals surface area contributed by atoms with Crippen molar-refractivity contribution in [2.75, 3.05) is 16.8 Å². The number of hydrogen-bond acceptors (Lipinski definition) is 6. The van der Waals surface area contributed by atoms with E-state index in [0.717, 1.165) is 51.1 Å². The molecule has 0 aliphatic carbocycles. The number of halogens is 1. The van der Waals surface area contributed by atoms with Crippen LogP contribution >= 0.6 is 11.6 Å². The maximum absolute atomic E-state index is 6.56. The first kappa shape index (κ1) is 25.1. The van der Waals surface area contributed by atoms with Gasteiger partial charge in [0.15, 0.2) is 17.5 Å². The molecule has 7 rings (SSSR count). The van der Waals surface area contributed by atoms with Crippen LogP contribution in [0.2, 0.25) is 5.02 Å². The van der Waals surface area contributed by atoms with Crippen molar-refractivity contribution in [2.45, 2.75) is 19.9 Å². The lowest BCUT2D eigenvalue weighted by atomic mass is 9.93. The van der Waals surface area contributed by atoms with Crippen LogP contribution in [0.3, 0.4) is 0 Å². The maximum atomic E-state index is 6.56. The molecule has 3 heterocycles. The summed E-state index contributed by atoms with van der Waals surface area (Å²) in [4.78, 5) is 12.6. The first-order valence-corrected chi connectivity index (χ1v) is 13.9. The van der Waals surface area contributed by atoms with Gasteiger partial charge in [0, 0.05) is 16.3 Å². The molecule has 202 valence electrons. The van der Waals surface area contributed by atoms with Gasteiger partial charge in [-0.15, -0.1) is 0 Å². The second-order valence-electron chi connectivity index (χ2n) is 9.86. The summed E-state index contributed by atoms with van der Waals surface area (Å²) in [5, 5.41) is 9.20. The van der Waals surface area contributed by atoms with Crippen LogP contribution in [0.5, 0.6) is 5.75 Å². The van der Waals surface area contributed by atoms with E-state index in [0.29, 0.717) is 23.3 Å². The molecule has 1 aromatic heterocycles. The number of para-hydroxylation sites is 3. The molecule has 0 unspecified atom stereocenters. The highest BCUT2D eigenvalue weighted by Gasteiger charge is 2.41. The van der Waals surface area contributed by atoms with Crippen molar-refractivity contribution in [3.63, 3.8) is 0 Å². The molecule has 5 aromatic rings. The van der Waals surface area contributed by atoms with Crippen molar-refractivity contribution in [1.82, 2.24) is 9.78 Å². The predicted molar refractivity (Wildman–Crippen MR) is 166 cm³/mol. The molecule has 0 radical (unpaired) electrons. The molecule has 0 bridgehead atoms. The third-order valence-electron chi connectivity index (χ3n) is 7.23. The molecule has 0 spiro atoms. The number of ether oxygens (including phenoxy) is 1. The van der Waals surface area contributed by atoms with E-state index < -0.39 is 0 Å². The Kier molecular flexibility index (Phi) is 6.29. The van der Waals surface area contributed by atoms with Crippen LogP contribution in [-0.2, 0) is 0 Å². The smallest absolute Gasteiger partial charge is 0.179 e. The van der Waals surface area contributed by atoms with Crippen molar-refractivity contribution >= 4 is 46.2 Å². The standard InChI is InChI=1S/C33H27ClN6O/c1-3-41-26-18-16-24(17-19-26)35-31-33-37-32-29(21(2)38-40(32)25-12-5-4-6-13-25)30(22-10-9-11-23(34)20-22)39(33)28-15-8-7-14-27(28)36-31/h4-20,30H,3H2,1-2H3,(H,35,36)/t30-/m0/s1. The van der Waals surface area contributed by atoms with Gasteiger partial charge in [-0.1, -0.05) is 54.1 Å². The summed E-state index contributed by atoms with van der Waals surface area (Å²) in [5.74, 6) is 2.93. The fraction of sp³-hybridized carbons (Fsp3) is 0.121. The molecule has 0 saturated carbocycles. The van der Waals surface area contributed by atoms with Gasteiger partial charge >= 0.3 is 0 Å². The van der Waals surface area contributed by atoms with E-state index in [2.05, 4.69) is 22.3 Å². The molecule has 4 aromatic carbocycles. The van der Waals surface area contributed by atoms with Gasteiger partial charge in [-0.25, -0.2) is 14.7 Å². The second kappa shape index (κ2) is 10.3. The fourth-order valence-electron chi connectivity index (χ4n) is 5.48. The highest BCUT2D eigenvalue weighted by Crippen LogP contribution is 2.48. The number of aryl methyl sites for hydroxylation is 1. The number of rotatable bonds is 5. The van der Waals surface area contributed by atoms with Gasteiger partial charge < -0.3 is 15.0 Å². The Balaban J connectivity index is 1.45. The van der Waals surface area contributed by atoms with Gasteiger partial charge in [0.2, 0.25) is 0 Å². The van der Waals surface area contributed by atoms with Gasteiger partial charge in [0.05, 0.1) is 35.4 Å². The Hall–Kier alpha value is -4.88. The molecule has 7 nitrogen and oxygen atoms in total. The van der Waals surface area contributed by atoms with Gasteiger partial charge in [0.25, 0.3) is 0 Å². The highest BCUT2D eigenvalue weighted by molar-refractivity contribution is 6.51. The van der Waals surface area contributed by atoms with Crippen LogP contribution in [0.25, 0.3) is 5.69 Å². The monoisotopic (exact) mass is 558 g/mol. The molecular formula is C33H27ClN6O. The van der Waals surface area contributed by atoms with E-state index in [4.69, 9.17) is 31.4 Å². The zero-order valence-electron chi connectivity index (χ0n) is 22.6. The Labute approximate surface area is 243 Å². The average Bonchev–Trinajstić information content (AvgIpc) is 3.33. The zero-order valence-corrected chi connectivity index (χ0v) is 23.4. The van der Waals surface area contributed by atoms with Crippen LogP contribution < -0.4 is 15.0 Å².